The predicted molar refractivity (Wildman–Crippen MR) is 146 cm³/mol. The number of unbranched alkanes of at least 4 members (excludes halogenated alkanes) is 1. The normalized spacial score (nSPS) is 10.9. The first kappa shape index (κ1) is 23.4. The number of carbonyl (C=O) groups excluding carboxylic acids is 1. The van der Waals surface area contributed by atoms with Gasteiger partial charge in [0.1, 0.15) is 5.58 Å². The molecule has 0 aliphatic carbocycles. The Labute approximate surface area is 211 Å². The second-order valence-corrected chi connectivity index (χ2v) is 8.80. The molecular weight excluding hydrogens is 446 g/mol. The van der Waals surface area contributed by atoms with E-state index in [9.17, 15) is 4.79 Å². The average molecular weight is 476 g/mol. The van der Waals surface area contributed by atoms with Gasteiger partial charge in [-0.25, -0.2) is 0 Å². The minimum atomic E-state index is -0.174. The lowest BCUT2D eigenvalue weighted by Crippen LogP contribution is -2.30. The van der Waals surface area contributed by atoms with Crippen molar-refractivity contribution in [3.8, 4) is 11.1 Å². The maximum absolute atomic E-state index is 13.8. The molecule has 0 unspecified atom stereocenters. The molecule has 2 heterocycles. The van der Waals surface area contributed by atoms with E-state index in [0.717, 1.165) is 52.8 Å². The highest BCUT2D eigenvalue weighted by Gasteiger charge is 2.22. The summed E-state index contributed by atoms with van der Waals surface area (Å²) in [7, 11) is 0. The summed E-state index contributed by atoms with van der Waals surface area (Å²) in [6, 6.07) is 29.8. The summed E-state index contributed by atoms with van der Waals surface area (Å²) >= 11 is 0. The highest BCUT2D eigenvalue weighted by molar-refractivity contribution is 6.06. The number of hydrogen-bond donors (Lipinski definition) is 1. The van der Waals surface area contributed by atoms with Crippen molar-refractivity contribution in [1.29, 1.82) is 0 Å². The number of carbonyl (C=O) groups is 1. The van der Waals surface area contributed by atoms with Gasteiger partial charge in [-0.1, -0.05) is 49.7 Å². The monoisotopic (exact) mass is 475 g/mol. The number of amides is 1. The third-order valence-corrected chi connectivity index (χ3v) is 6.20. The Morgan fingerprint density at radius 1 is 0.889 bits per heavy atom. The SMILES string of the molecule is CCCCNc1ccc(N(Cc2cccc(-c3ccncc3)c2)C(=O)c2cc3ccccc3o2)cc1. The van der Waals surface area contributed by atoms with Crippen LogP contribution in [0.1, 0.15) is 35.9 Å². The van der Waals surface area contributed by atoms with Crippen molar-refractivity contribution in [2.75, 3.05) is 16.8 Å². The van der Waals surface area contributed by atoms with Crippen molar-refractivity contribution in [3.05, 3.63) is 115 Å². The molecule has 1 amide bonds. The minimum Gasteiger partial charge on any atom is -0.451 e. The van der Waals surface area contributed by atoms with Crippen LogP contribution in [0.3, 0.4) is 0 Å². The van der Waals surface area contributed by atoms with Crippen LogP contribution in [0.4, 0.5) is 11.4 Å². The van der Waals surface area contributed by atoms with Crippen LogP contribution in [0.25, 0.3) is 22.1 Å². The lowest BCUT2D eigenvalue weighted by molar-refractivity contribution is 0.0960. The second kappa shape index (κ2) is 10.9. The molecule has 0 saturated carbocycles. The number of furan rings is 1. The van der Waals surface area contributed by atoms with Gasteiger partial charge in [0, 0.05) is 35.7 Å². The number of fused-ring (bicyclic) bond motifs is 1. The summed E-state index contributed by atoms with van der Waals surface area (Å²) in [6.45, 7) is 3.52. The number of nitrogens with one attached hydrogen (secondary N) is 1. The summed E-state index contributed by atoms with van der Waals surface area (Å²) in [4.78, 5) is 19.7. The van der Waals surface area contributed by atoms with Crippen molar-refractivity contribution in [2.24, 2.45) is 0 Å². The molecular formula is C31H29N3O2. The van der Waals surface area contributed by atoms with Gasteiger partial charge in [0.2, 0.25) is 0 Å². The molecule has 3 aromatic carbocycles. The molecule has 0 fully saturated rings. The molecule has 0 radical (unpaired) electrons. The fourth-order valence-corrected chi connectivity index (χ4v) is 4.25. The first-order valence-electron chi connectivity index (χ1n) is 12.3. The molecule has 5 nitrogen and oxygen atoms in total. The number of benzene rings is 3. The molecule has 1 N–H and O–H groups in total. The van der Waals surface area contributed by atoms with E-state index in [-0.39, 0.29) is 5.91 Å². The number of nitrogens with zero attached hydrogens (tertiary/aromatic N) is 2. The van der Waals surface area contributed by atoms with Crippen molar-refractivity contribution in [3.63, 3.8) is 0 Å². The van der Waals surface area contributed by atoms with Gasteiger partial charge in [-0.3, -0.25) is 9.78 Å². The lowest BCUT2D eigenvalue weighted by Gasteiger charge is -2.23. The molecule has 5 rings (SSSR count). The van der Waals surface area contributed by atoms with Crippen molar-refractivity contribution < 1.29 is 9.21 Å². The number of rotatable bonds is 9. The Hall–Kier alpha value is -4.38. The van der Waals surface area contributed by atoms with Gasteiger partial charge in [-0.2, -0.15) is 0 Å². The standard InChI is InChI=1S/C31H29N3O2/c1-2-3-17-33-27-11-13-28(14-12-27)34(31(35)30-21-26-8-4-5-10-29(26)36-30)22-23-7-6-9-25(20-23)24-15-18-32-19-16-24/h4-16,18-21,33H,2-3,17,22H2,1H3. The molecule has 5 heteroatoms. The number of pyridine rings is 1. The zero-order valence-electron chi connectivity index (χ0n) is 20.4. The van der Waals surface area contributed by atoms with Gasteiger partial charge in [0.05, 0.1) is 6.54 Å². The molecule has 0 bridgehead atoms. The summed E-state index contributed by atoms with van der Waals surface area (Å²) < 4.78 is 5.94. The Kier molecular flexibility index (Phi) is 7.08. The van der Waals surface area contributed by atoms with Gasteiger partial charge in [-0.05, 0) is 77.7 Å². The van der Waals surface area contributed by atoms with E-state index in [1.165, 1.54) is 0 Å². The topological polar surface area (TPSA) is 58.4 Å². The first-order chi connectivity index (χ1) is 17.7. The molecule has 36 heavy (non-hydrogen) atoms. The number of aromatic nitrogens is 1. The smallest absolute Gasteiger partial charge is 0.294 e. The second-order valence-electron chi connectivity index (χ2n) is 8.80. The van der Waals surface area contributed by atoms with Gasteiger partial charge >= 0.3 is 0 Å². The Morgan fingerprint density at radius 3 is 2.47 bits per heavy atom. The van der Waals surface area contributed by atoms with Crippen LogP contribution in [0, 0.1) is 0 Å². The third-order valence-electron chi connectivity index (χ3n) is 6.20. The molecule has 180 valence electrons. The molecule has 0 saturated heterocycles. The van der Waals surface area contributed by atoms with Gasteiger partial charge in [-0.15, -0.1) is 0 Å². The summed E-state index contributed by atoms with van der Waals surface area (Å²) in [5, 5.41) is 4.35. The van der Waals surface area contributed by atoms with E-state index in [1.54, 1.807) is 17.3 Å². The maximum Gasteiger partial charge on any atom is 0.294 e. The van der Waals surface area contributed by atoms with E-state index < -0.39 is 0 Å². The predicted octanol–water partition coefficient (Wildman–Crippen LogP) is 7.55. The largest absolute Gasteiger partial charge is 0.451 e. The van der Waals surface area contributed by atoms with Gasteiger partial charge in [0.15, 0.2) is 5.76 Å². The first-order valence-corrected chi connectivity index (χ1v) is 12.3. The molecule has 0 aliphatic rings. The minimum absolute atomic E-state index is 0.174. The molecule has 5 aromatic rings. The van der Waals surface area contributed by atoms with Gasteiger partial charge < -0.3 is 14.6 Å². The number of hydrogen-bond acceptors (Lipinski definition) is 4. The fraction of sp³-hybridized carbons (Fsp3) is 0.161. The van der Waals surface area contributed by atoms with Crippen molar-refractivity contribution in [2.45, 2.75) is 26.3 Å². The van der Waals surface area contributed by atoms with Crippen LogP contribution in [0.15, 0.2) is 108 Å². The number of anilines is 2. The zero-order valence-corrected chi connectivity index (χ0v) is 20.4. The highest BCUT2D eigenvalue weighted by Crippen LogP contribution is 2.27. The Balaban J connectivity index is 1.47. The Morgan fingerprint density at radius 2 is 1.69 bits per heavy atom. The summed E-state index contributed by atoms with van der Waals surface area (Å²) in [6.07, 6.45) is 5.83. The zero-order chi connectivity index (χ0) is 24.7. The average Bonchev–Trinajstić information content (AvgIpc) is 3.37. The van der Waals surface area contributed by atoms with E-state index in [2.05, 4.69) is 29.4 Å². The van der Waals surface area contributed by atoms with Crippen LogP contribution in [-0.4, -0.2) is 17.4 Å². The third kappa shape index (κ3) is 5.31. The molecule has 2 aromatic heterocycles. The van der Waals surface area contributed by atoms with Crippen LogP contribution in [0.5, 0.6) is 0 Å². The summed E-state index contributed by atoms with van der Waals surface area (Å²) in [5.41, 5.74) is 5.76. The van der Waals surface area contributed by atoms with E-state index >= 15 is 0 Å². The van der Waals surface area contributed by atoms with Crippen molar-refractivity contribution >= 4 is 28.3 Å². The van der Waals surface area contributed by atoms with Crippen LogP contribution < -0.4 is 10.2 Å². The van der Waals surface area contributed by atoms with Crippen LogP contribution >= 0.6 is 0 Å². The number of para-hydroxylation sites is 1. The maximum atomic E-state index is 13.8. The Bertz CT molecular complexity index is 1410. The molecule has 0 spiro atoms. The van der Waals surface area contributed by atoms with Crippen LogP contribution in [-0.2, 0) is 6.54 Å². The van der Waals surface area contributed by atoms with Crippen molar-refractivity contribution in [1.82, 2.24) is 4.98 Å². The quantitative estimate of drug-likeness (QED) is 0.224. The van der Waals surface area contributed by atoms with Crippen LogP contribution in [0.2, 0.25) is 0 Å². The molecule has 0 atom stereocenters. The summed E-state index contributed by atoms with van der Waals surface area (Å²) in [5.74, 6) is 0.152. The highest BCUT2D eigenvalue weighted by atomic mass is 16.3. The lowest BCUT2D eigenvalue weighted by atomic mass is 10.0. The molecule has 0 aliphatic heterocycles. The van der Waals surface area contributed by atoms with Gasteiger partial charge in [0.25, 0.3) is 5.91 Å². The van der Waals surface area contributed by atoms with E-state index in [1.807, 2.05) is 78.9 Å². The van der Waals surface area contributed by atoms with E-state index in [4.69, 9.17) is 4.42 Å². The fourth-order valence-electron chi connectivity index (χ4n) is 4.25. The van der Waals surface area contributed by atoms with E-state index in [0.29, 0.717) is 17.9 Å².